The number of nitro groups is 1. The largest absolute Gasteiger partial charge is 0.452 e. The van der Waals surface area contributed by atoms with Gasteiger partial charge in [0.05, 0.1) is 25.7 Å². The molecule has 1 heterocycles. The third kappa shape index (κ3) is 5.24. The Bertz CT molecular complexity index is 1100. The van der Waals surface area contributed by atoms with Crippen LogP contribution in [-0.2, 0) is 9.53 Å². The van der Waals surface area contributed by atoms with Crippen molar-refractivity contribution >= 4 is 50.5 Å². The molecule has 0 saturated heterocycles. The lowest BCUT2D eigenvalue weighted by Gasteiger charge is -2.08. The summed E-state index contributed by atoms with van der Waals surface area (Å²) in [7, 11) is 0. The van der Waals surface area contributed by atoms with Gasteiger partial charge in [-0.1, -0.05) is 12.1 Å². The minimum absolute atomic E-state index is 0.0198. The molecule has 2 aromatic carbocycles. The van der Waals surface area contributed by atoms with E-state index in [2.05, 4.69) is 26.2 Å². The molecule has 0 aliphatic rings. The van der Waals surface area contributed by atoms with Crippen LogP contribution in [0.25, 0.3) is 11.3 Å². The second-order valence-corrected chi connectivity index (χ2v) is 7.80. The number of anilines is 1. The molecule has 10 heteroatoms. The average molecular weight is 476 g/mol. The van der Waals surface area contributed by atoms with Gasteiger partial charge in [-0.05, 0) is 47.1 Å². The van der Waals surface area contributed by atoms with Crippen LogP contribution in [0.3, 0.4) is 0 Å². The summed E-state index contributed by atoms with van der Waals surface area (Å²) >= 11 is 4.57. The third-order valence-corrected chi connectivity index (χ3v) is 5.22. The molecule has 1 aromatic heterocycles. The van der Waals surface area contributed by atoms with Gasteiger partial charge in [0.15, 0.2) is 6.61 Å². The normalized spacial score (nSPS) is 10.4. The summed E-state index contributed by atoms with van der Waals surface area (Å²) in [5.41, 5.74) is 1.92. The monoisotopic (exact) mass is 475 g/mol. The van der Waals surface area contributed by atoms with Gasteiger partial charge in [-0.25, -0.2) is 9.78 Å². The van der Waals surface area contributed by atoms with Crippen molar-refractivity contribution in [3.8, 4) is 11.3 Å². The molecule has 0 unspecified atom stereocenters. The number of carbonyl (C=O) groups is 2. The number of carbonyl (C=O) groups excluding carboxylic acids is 2. The van der Waals surface area contributed by atoms with Crippen molar-refractivity contribution < 1.29 is 19.2 Å². The predicted octanol–water partition coefficient (Wildman–Crippen LogP) is 4.58. The van der Waals surface area contributed by atoms with Gasteiger partial charge in [0.25, 0.3) is 11.6 Å². The summed E-state index contributed by atoms with van der Waals surface area (Å²) in [5.74, 6) is -1.36. The van der Waals surface area contributed by atoms with Crippen LogP contribution in [0.15, 0.2) is 52.3 Å². The zero-order chi connectivity index (χ0) is 21.0. The van der Waals surface area contributed by atoms with Gasteiger partial charge in [0.2, 0.25) is 0 Å². The molecule has 1 amide bonds. The summed E-state index contributed by atoms with van der Waals surface area (Å²) in [6.45, 7) is 1.39. The Hall–Kier alpha value is -3.11. The Morgan fingerprint density at radius 1 is 1.28 bits per heavy atom. The quantitative estimate of drug-likeness (QED) is 0.317. The number of rotatable bonds is 6. The molecule has 29 heavy (non-hydrogen) atoms. The highest BCUT2D eigenvalue weighted by atomic mass is 79.9. The number of esters is 1. The van der Waals surface area contributed by atoms with Crippen molar-refractivity contribution in [2.75, 3.05) is 11.9 Å². The summed E-state index contributed by atoms with van der Waals surface area (Å²) in [6.07, 6.45) is 0. The minimum atomic E-state index is -0.831. The highest BCUT2D eigenvalue weighted by Gasteiger charge is 2.17. The zero-order valence-electron chi connectivity index (χ0n) is 15.0. The molecular weight excluding hydrogens is 462 g/mol. The molecule has 0 aliphatic heterocycles. The topological polar surface area (TPSA) is 111 Å². The molecule has 148 valence electrons. The number of nitro benzene ring substituents is 1. The van der Waals surface area contributed by atoms with Gasteiger partial charge in [0, 0.05) is 22.7 Å². The van der Waals surface area contributed by atoms with Crippen LogP contribution in [0, 0.1) is 17.0 Å². The lowest BCUT2D eigenvalue weighted by molar-refractivity contribution is -0.385. The molecule has 0 atom stereocenters. The van der Waals surface area contributed by atoms with E-state index in [1.807, 2.05) is 18.4 Å². The number of nitrogens with zero attached hydrogens (tertiary/aromatic N) is 2. The van der Waals surface area contributed by atoms with E-state index in [0.717, 1.165) is 22.3 Å². The first kappa shape index (κ1) is 20.6. The number of halogens is 1. The van der Waals surface area contributed by atoms with Gasteiger partial charge in [-0.2, -0.15) is 0 Å². The number of hydrogen-bond acceptors (Lipinski definition) is 7. The maximum Gasteiger partial charge on any atom is 0.338 e. The molecule has 0 bridgehead atoms. The van der Waals surface area contributed by atoms with Crippen molar-refractivity contribution in [3.63, 3.8) is 0 Å². The van der Waals surface area contributed by atoms with Crippen LogP contribution < -0.4 is 5.32 Å². The first-order valence-electron chi connectivity index (χ1n) is 8.27. The molecule has 0 radical (unpaired) electrons. The van der Waals surface area contributed by atoms with Crippen LogP contribution in [-0.4, -0.2) is 28.4 Å². The van der Waals surface area contributed by atoms with Gasteiger partial charge in [-0.15, -0.1) is 11.3 Å². The highest BCUT2D eigenvalue weighted by Crippen LogP contribution is 2.26. The molecule has 0 saturated carbocycles. The fraction of sp³-hybridized carbons (Fsp3) is 0.105. The van der Waals surface area contributed by atoms with E-state index in [1.165, 1.54) is 23.5 Å². The molecular formula is C19H14BrN3O5S. The summed E-state index contributed by atoms with van der Waals surface area (Å²) in [5, 5.41) is 16.5. The second kappa shape index (κ2) is 8.93. The van der Waals surface area contributed by atoms with E-state index in [0.29, 0.717) is 5.69 Å². The fourth-order valence-electron chi connectivity index (χ4n) is 2.44. The summed E-state index contributed by atoms with van der Waals surface area (Å²) in [6, 6.07) is 11.0. The number of benzene rings is 2. The molecule has 3 rings (SSSR count). The van der Waals surface area contributed by atoms with Crippen LogP contribution in [0.5, 0.6) is 0 Å². The van der Waals surface area contributed by atoms with Crippen molar-refractivity contribution in [3.05, 3.63) is 73.0 Å². The standard InChI is InChI=1S/C19H14BrN3O5S/c1-11-21-16(10-29-11)12-3-2-4-14(7-12)22-18(24)9-28-19(25)13-5-6-15(20)17(8-13)23(26)27/h2-8,10H,9H2,1H3,(H,22,24). The Morgan fingerprint density at radius 3 is 2.76 bits per heavy atom. The van der Waals surface area contributed by atoms with E-state index < -0.39 is 23.4 Å². The molecule has 0 spiro atoms. The van der Waals surface area contributed by atoms with Gasteiger partial charge < -0.3 is 10.1 Å². The lowest BCUT2D eigenvalue weighted by atomic mass is 10.1. The first-order chi connectivity index (χ1) is 13.8. The number of aryl methyl sites for hydroxylation is 1. The summed E-state index contributed by atoms with van der Waals surface area (Å²) < 4.78 is 5.20. The third-order valence-electron chi connectivity index (χ3n) is 3.77. The molecule has 1 N–H and O–H groups in total. The first-order valence-corrected chi connectivity index (χ1v) is 9.94. The lowest BCUT2D eigenvalue weighted by Crippen LogP contribution is -2.21. The average Bonchev–Trinajstić information content (AvgIpc) is 3.13. The van der Waals surface area contributed by atoms with Crippen LogP contribution in [0.2, 0.25) is 0 Å². The van der Waals surface area contributed by atoms with E-state index >= 15 is 0 Å². The molecule has 3 aromatic rings. The number of hydrogen-bond donors (Lipinski definition) is 1. The number of nitrogens with one attached hydrogen (secondary N) is 1. The van der Waals surface area contributed by atoms with Crippen molar-refractivity contribution in [1.82, 2.24) is 4.98 Å². The SMILES string of the molecule is Cc1nc(-c2cccc(NC(=O)COC(=O)c3ccc(Br)c([N+](=O)[O-])c3)c2)cs1. The van der Waals surface area contributed by atoms with Crippen molar-refractivity contribution in [2.45, 2.75) is 6.92 Å². The Labute approximate surface area is 177 Å². The molecule has 0 aliphatic carbocycles. The maximum absolute atomic E-state index is 12.1. The van der Waals surface area contributed by atoms with Crippen LogP contribution >= 0.6 is 27.3 Å². The van der Waals surface area contributed by atoms with Crippen LogP contribution in [0.4, 0.5) is 11.4 Å². The van der Waals surface area contributed by atoms with Gasteiger partial charge in [-0.3, -0.25) is 14.9 Å². The van der Waals surface area contributed by atoms with Crippen molar-refractivity contribution in [2.24, 2.45) is 0 Å². The summed E-state index contributed by atoms with van der Waals surface area (Å²) in [4.78, 5) is 38.9. The highest BCUT2D eigenvalue weighted by molar-refractivity contribution is 9.10. The fourth-order valence-corrected chi connectivity index (χ4v) is 3.46. The Balaban J connectivity index is 1.61. The number of ether oxygens (including phenoxy) is 1. The van der Waals surface area contributed by atoms with Crippen molar-refractivity contribution in [1.29, 1.82) is 0 Å². The zero-order valence-corrected chi connectivity index (χ0v) is 17.5. The van der Waals surface area contributed by atoms with Gasteiger partial charge in [0.1, 0.15) is 0 Å². The second-order valence-electron chi connectivity index (χ2n) is 5.88. The molecule has 0 fully saturated rings. The predicted molar refractivity (Wildman–Crippen MR) is 112 cm³/mol. The van der Waals surface area contributed by atoms with Gasteiger partial charge >= 0.3 is 5.97 Å². The number of amides is 1. The number of thiazole rings is 1. The van der Waals surface area contributed by atoms with E-state index in [9.17, 15) is 19.7 Å². The van der Waals surface area contributed by atoms with E-state index in [-0.39, 0.29) is 15.7 Å². The molecule has 8 nitrogen and oxygen atoms in total. The Morgan fingerprint density at radius 2 is 2.07 bits per heavy atom. The van der Waals surface area contributed by atoms with Crippen LogP contribution in [0.1, 0.15) is 15.4 Å². The maximum atomic E-state index is 12.1. The number of aromatic nitrogens is 1. The van der Waals surface area contributed by atoms with E-state index in [1.54, 1.807) is 18.2 Å². The minimum Gasteiger partial charge on any atom is -0.452 e. The van der Waals surface area contributed by atoms with E-state index in [4.69, 9.17) is 4.74 Å². The smallest absolute Gasteiger partial charge is 0.338 e. The Kier molecular flexibility index (Phi) is 6.35.